The van der Waals surface area contributed by atoms with Crippen LogP contribution in [0.4, 0.5) is 0 Å². The number of hydrogen-bond donors (Lipinski definition) is 2. The van der Waals surface area contributed by atoms with Crippen LogP contribution in [-0.4, -0.2) is 40.8 Å². The molecule has 0 aliphatic rings. The number of phosphoric acid groups is 1. The van der Waals surface area contributed by atoms with E-state index >= 15 is 0 Å². The van der Waals surface area contributed by atoms with Gasteiger partial charge in [-0.2, -0.15) is 0 Å². The van der Waals surface area contributed by atoms with Crippen LogP contribution >= 0.6 is 7.82 Å². The number of ether oxygens (including phenoxy) is 1. The van der Waals surface area contributed by atoms with Gasteiger partial charge in [-0.15, -0.1) is 0 Å². The average molecular weight is 570 g/mol. The van der Waals surface area contributed by atoms with Crippen LogP contribution in [0.25, 0.3) is 10.4 Å². The van der Waals surface area contributed by atoms with Gasteiger partial charge in [0.1, 0.15) is 11.9 Å². The average Bonchev–Trinajstić information content (AvgIpc) is 2.90. The van der Waals surface area contributed by atoms with Crippen molar-refractivity contribution in [1.82, 2.24) is 0 Å². The quantitative estimate of drug-likeness (QED) is 0.0249. The van der Waals surface area contributed by atoms with Crippen molar-refractivity contribution in [3.63, 3.8) is 0 Å². The highest BCUT2D eigenvalue weighted by Gasteiger charge is 2.29. The third kappa shape index (κ3) is 23.4. The molecule has 0 rings (SSSR count). The number of rotatable bonds is 19. The van der Waals surface area contributed by atoms with Crippen LogP contribution in [0.1, 0.15) is 71.6 Å². The molecule has 0 bridgehead atoms. The Hall–Kier alpha value is -3.72. The van der Waals surface area contributed by atoms with E-state index in [2.05, 4.69) is 74.1 Å². The van der Waals surface area contributed by atoms with Crippen molar-refractivity contribution >= 4 is 19.6 Å². The van der Waals surface area contributed by atoms with Crippen molar-refractivity contribution in [2.24, 2.45) is 11.0 Å². The highest BCUT2D eigenvalue weighted by atomic mass is 31.2. The molecule has 2 N–H and O–H groups in total. The van der Waals surface area contributed by atoms with E-state index in [0.29, 0.717) is 6.42 Å². The second-order valence-corrected chi connectivity index (χ2v) is 9.57. The van der Waals surface area contributed by atoms with Gasteiger partial charge in [0.15, 0.2) is 0 Å². The molecule has 0 radical (unpaired) electrons. The Morgan fingerprint density at radius 1 is 1.00 bits per heavy atom. The van der Waals surface area contributed by atoms with E-state index in [1.165, 1.54) is 6.92 Å². The Kier molecular flexibility index (Phi) is 22.1. The maximum atomic E-state index is 12.6. The zero-order valence-electron chi connectivity index (χ0n) is 23.0. The Balaban J connectivity index is 4.68. The molecular weight excluding hydrogens is 533 g/mol. The predicted octanol–water partition coefficient (Wildman–Crippen LogP) is 5.18. The molecule has 0 fully saturated rings. The molecule has 0 aliphatic carbocycles. The maximum absolute atomic E-state index is 12.6. The summed E-state index contributed by atoms with van der Waals surface area (Å²) in [6.45, 7) is 2.33. The molecule has 0 aromatic carbocycles. The Labute approximate surface area is 236 Å². The molecule has 0 spiro atoms. The summed E-state index contributed by atoms with van der Waals surface area (Å²) in [6.07, 6.45) is 13.2. The van der Waals surface area contributed by atoms with E-state index in [9.17, 15) is 14.2 Å². The fourth-order valence-electron chi connectivity index (χ4n) is 3.27. The van der Waals surface area contributed by atoms with E-state index in [4.69, 9.17) is 20.1 Å². The highest BCUT2D eigenvalue weighted by molar-refractivity contribution is 7.46. The SMILES string of the molecule is CC#CC#C/C=C\C/C=C\CCCCCCCC(=O)C[C@@H](COP(=O)(O)O)[C@H](CN=[N+]=[N-])OC(=O)C#CC#CC. The molecule has 0 amide bonds. The smallest absolute Gasteiger partial charge is 0.452 e. The fraction of sp³-hybridized carbons (Fsp3) is 0.517. The second-order valence-electron chi connectivity index (χ2n) is 8.33. The zero-order valence-corrected chi connectivity index (χ0v) is 23.9. The molecule has 40 heavy (non-hydrogen) atoms. The summed E-state index contributed by atoms with van der Waals surface area (Å²) < 4.78 is 21.0. The van der Waals surface area contributed by atoms with Crippen LogP contribution in [-0.2, 0) is 23.4 Å². The molecule has 0 unspecified atom stereocenters. The van der Waals surface area contributed by atoms with E-state index in [0.717, 1.165) is 38.5 Å². The number of azide groups is 1. The third-order valence-electron chi connectivity index (χ3n) is 5.13. The largest absolute Gasteiger partial charge is 0.469 e. The summed E-state index contributed by atoms with van der Waals surface area (Å²) in [4.78, 5) is 45.5. The van der Waals surface area contributed by atoms with Crippen molar-refractivity contribution in [2.45, 2.75) is 77.7 Å². The van der Waals surface area contributed by atoms with Gasteiger partial charge < -0.3 is 14.5 Å². The second kappa shape index (κ2) is 24.3. The number of allylic oxidation sites excluding steroid dienone is 4. The molecule has 0 aromatic rings. The summed E-state index contributed by atoms with van der Waals surface area (Å²) in [5, 5.41) is 3.39. The van der Waals surface area contributed by atoms with Gasteiger partial charge in [0.05, 0.1) is 13.2 Å². The lowest BCUT2D eigenvalue weighted by Crippen LogP contribution is -2.34. The van der Waals surface area contributed by atoms with E-state index in [-0.39, 0.29) is 25.2 Å². The summed E-state index contributed by atoms with van der Waals surface area (Å²) >= 11 is 0. The maximum Gasteiger partial charge on any atom is 0.469 e. The standard InChI is InChI=1S/C29H36N3O7P/c1-3-5-7-8-9-10-11-12-13-14-15-16-17-18-20-21-27(33)23-26(25-38-40(35,36)37)28(24-31-32-30)39-29(34)22-19-6-4-2/h9-10,12-13,26,28H,11,14-18,20-21,23-25H2,1-2H3,(H2,35,36,37)/b10-9-,13-12-/t26-,28-/m0/s1. The van der Waals surface area contributed by atoms with E-state index in [1.807, 2.05) is 6.08 Å². The first-order valence-corrected chi connectivity index (χ1v) is 14.3. The lowest BCUT2D eigenvalue weighted by molar-refractivity contribution is -0.146. The number of unbranched alkanes of at least 4 members (excludes halogenated alkanes) is 5. The molecule has 0 saturated heterocycles. The normalized spacial score (nSPS) is 11.8. The molecule has 0 saturated carbocycles. The molecule has 11 heteroatoms. The first-order chi connectivity index (χ1) is 19.2. The molecule has 0 aliphatic heterocycles. The minimum absolute atomic E-state index is 0.183. The summed E-state index contributed by atoms with van der Waals surface area (Å²) in [5.41, 5.74) is 8.68. The highest BCUT2D eigenvalue weighted by Crippen LogP contribution is 2.37. The van der Waals surface area contributed by atoms with E-state index in [1.54, 1.807) is 13.0 Å². The van der Waals surface area contributed by atoms with Gasteiger partial charge in [-0.1, -0.05) is 60.4 Å². The van der Waals surface area contributed by atoms with Crippen LogP contribution in [0.2, 0.25) is 0 Å². The van der Waals surface area contributed by atoms with Gasteiger partial charge in [-0.3, -0.25) is 9.32 Å². The number of Topliss-reactive ketones (excluding diaryl/α,β-unsaturated/α-hetero) is 1. The molecule has 214 valence electrons. The molecule has 2 atom stereocenters. The Morgan fingerprint density at radius 2 is 1.70 bits per heavy atom. The van der Waals surface area contributed by atoms with Crippen LogP contribution in [0.3, 0.4) is 0 Å². The van der Waals surface area contributed by atoms with Crippen LogP contribution in [0.15, 0.2) is 29.4 Å². The molecular formula is C29H36N3O7P. The summed E-state index contributed by atoms with van der Waals surface area (Å²) in [6, 6.07) is 0. The number of esters is 1. The molecule has 10 nitrogen and oxygen atoms in total. The van der Waals surface area contributed by atoms with Gasteiger partial charge >= 0.3 is 13.8 Å². The topological polar surface area (TPSA) is 159 Å². The summed E-state index contributed by atoms with van der Waals surface area (Å²) in [7, 11) is -4.86. The Bertz CT molecular complexity index is 1200. The number of carbonyl (C=O) groups is 2. The minimum Gasteiger partial charge on any atom is -0.452 e. The molecule has 0 aromatic heterocycles. The van der Waals surface area contributed by atoms with Crippen LogP contribution < -0.4 is 0 Å². The Morgan fingerprint density at radius 3 is 2.40 bits per heavy atom. The lowest BCUT2D eigenvalue weighted by Gasteiger charge is -2.24. The number of nitrogens with zero attached hydrogens (tertiary/aromatic N) is 3. The van der Waals surface area contributed by atoms with Gasteiger partial charge in [-0.25, -0.2) is 9.36 Å². The van der Waals surface area contributed by atoms with Gasteiger partial charge in [0.25, 0.3) is 0 Å². The van der Waals surface area contributed by atoms with Crippen LogP contribution in [0.5, 0.6) is 0 Å². The predicted molar refractivity (Wildman–Crippen MR) is 153 cm³/mol. The van der Waals surface area contributed by atoms with Crippen molar-refractivity contribution in [3.05, 3.63) is 34.7 Å². The number of hydrogen-bond acceptors (Lipinski definition) is 6. The van der Waals surface area contributed by atoms with Gasteiger partial charge in [0, 0.05) is 29.6 Å². The minimum atomic E-state index is -4.86. The molecule has 0 heterocycles. The van der Waals surface area contributed by atoms with Gasteiger partial charge in [-0.05, 0) is 74.8 Å². The van der Waals surface area contributed by atoms with Crippen molar-refractivity contribution in [3.8, 4) is 47.4 Å². The first-order valence-electron chi connectivity index (χ1n) is 12.8. The van der Waals surface area contributed by atoms with E-state index < -0.39 is 32.4 Å². The monoisotopic (exact) mass is 569 g/mol. The van der Waals surface area contributed by atoms with Gasteiger partial charge in [0.2, 0.25) is 0 Å². The third-order valence-corrected chi connectivity index (χ3v) is 5.62. The number of ketones is 1. The van der Waals surface area contributed by atoms with Crippen molar-refractivity contribution in [1.29, 1.82) is 0 Å². The van der Waals surface area contributed by atoms with Crippen molar-refractivity contribution in [2.75, 3.05) is 13.2 Å². The number of carbonyl (C=O) groups excluding carboxylic acids is 2. The zero-order chi connectivity index (χ0) is 29.9. The summed E-state index contributed by atoms with van der Waals surface area (Å²) in [5.74, 6) is 18.1. The van der Waals surface area contributed by atoms with Crippen LogP contribution in [0, 0.1) is 53.3 Å². The first kappa shape index (κ1) is 36.3. The fourth-order valence-corrected chi connectivity index (χ4v) is 3.66. The lowest BCUT2D eigenvalue weighted by atomic mass is 9.94. The van der Waals surface area contributed by atoms with Crippen molar-refractivity contribution < 1.29 is 33.2 Å². The number of phosphoric ester groups is 1.